The summed E-state index contributed by atoms with van der Waals surface area (Å²) in [5.74, 6) is 1.08. The van der Waals surface area contributed by atoms with Crippen LogP contribution in [0.1, 0.15) is 38.2 Å². The van der Waals surface area contributed by atoms with Gasteiger partial charge in [0.05, 0.1) is 0 Å². The maximum absolute atomic E-state index is 12.6. The van der Waals surface area contributed by atoms with Crippen LogP contribution in [0, 0.1) is 0 Å². The van der Waals surface area contributed by atoms with Gasteiger partial charge in [-0.05, 0) is 44.2 Å². The van der Waals surface area contributed by atoms with E-state index in [1.54, 1.807) is 0 Å². The third-order valence-electron chi connectivity index (χ3n) is 5.67. The fourth-order valence-corrected chi connectivity index (χ4v) is 4.11. The maximum atomic E-state index is 12.6. The summed E-state index contributed by atoms with van der Waals surface area (Å²) < 4.78 is 0. The maximum Gasteiger partial charge on any atom is 0.227 e. The summed E-state index contributed by atoms with van der Waals surface area (Å²) in [4.78, 5) is 21.7. The monoisotopic (exact) mass is 397 g/mol. The summed E-state index contributed by atoms with van der Waals surface area (Å²) in [6, 6.07) is 8.66. The zero-order valence-electron chi connectivity index (χ0n) is 17.7. The Labute approximate surface area is 175 Å². The Morgan fingerprint density at radius 3 is 2.83 bits per heavy atom. The number of piperidine rings is 1. The number of hydrogen-bond acceptors (Lipinski definition) is 3. The molecule has 1 fully saturated rings. The first-order valence-electron chi connectivity index (χ1n) is 11.0. The SMILES string of the molecule is C=CCN1CCC(NC(=NCCCC(=O)N2CCc3ccccc32)NCC)CC1. The molecule has 1 saturated heterocycles. The Bertz CT molecular complexity index is 709. The average Bonchev–Trinajstić information content (AvgIpc) is 3.17. The second-order valence-electron chi connectivity index (χ2n) is 7.80. The molecule has 2 N–H and O–H groups in total. The molecule has 2 heterocycles. The second kappa shape index (κ2) is 11.0. The van der Waals surface area contributed by atoms with Crippen molar-refractivity contribution < 1.29 is 4.79 Å². The number of nitrogens with zero attached hydrogens (tertiary/aromatic N) is 3. The third kappa shape index (κ3) is 6.07. The zero-order chi connectivity index (χ0) is 20.5. The molecule has 0 aromatic heterocycles. The Hall–Kier alpha value is -2.34. The molecule has 0 bridgehead atoms. The highest BCUT2D eigenvalue weighted by molar-refractivity contribution is 5.95. The van der Waals surface area contributed by atoms with Crippen LogP contribution in [0.3, 0.4) is 0 Å². The number of carbonyl (C=O) groups excluding carboxylic acids is 1. The molecule has 6 heteroatoms. The Morgan fingerprint density at radius 1 is 1.28 bits per heavy atom. The van der Waals surface area contributed by atoms with Crippen molar-refractivity contribution in [3.63, 3.8) is 0 Å². The lowest BCUT2D eigenvalue weighted by atomic mass is 10.1. The molecule has 1 aromatic carbocycles. The van der Waals surface area contributed by atoms with E-state index in [1.165, 1.54) is 5.56 Å². The van der Waals surface area contributed by atoms with Crippen molar-refractivity contribution in [3.05, 3.63) is 42.5 Å². The molecule has 0 spiro atoms. The molecule has 0 atom stereocenters. The average molecular weight is 398 g/mol. The molecule has 158 valence electrons. The first-order valence-corrected chi connectivity index (χ1v) is 11.0. The minimum atomic E-state index is 0.206. The number of nitrogens with one attached hydrogen (secondary N) is 2. The fourth-order valence-electron chi connectivity index (χ4n) is 4.11. The topological polar surface area (TPSA) is 60.0 Å². The molecule has 2 aliphatic heterocycles. The smallest absolute Gasteiger partial charge is 0.227 e. The predicted octanol–water partition coefficient (Wildman–Crippen LogP) is 2.56. The molecule has 1 amide bonds. The summed E-state index contributed by atoms with van der Waals surface area (Å²) in [7, 11) is 0. The van der Waals surface area contributed by atoms with Gasteiger partial charge in [0.15, 0.2) is 5.96 Å². The second-order valence-corrected chi connectivity index (χ2v) is 7.80. The first-order chi connectivity index (χ1) is 14.2. The van der Waals surface area contributed by atoms with Gasteiger partial charge in [-0.1, -0.05) is 24.3 Å². The Morgan fingerprint density at radius 2 is 2.07 bits per heavy atom. The minimum absolute atomic E-state index is 0.206. The largest absolute Gasteiger partial charge is 0.357 e. The molecule has 0 saturated carbocycles. The quantitative estimate of drug-likeness (QED) is 0.306. The number of amides is 1. The van der Waals surface area contributed by atoms with E-state index in [1.807, 2.05) is 29.2 Å². The number of carbonyl (C=O) groups is 1. The lowest BCUT2D eigenvalue weighted by Crippen LogP contribution is -2.48. The zero-order valence-corrected chi connectivity index (χ0v) is 17.7. The van der Waals surface area contributed by atoms with Crippen LogP contribution in [0.15, 0.2) is 41.9 Å². The number of anilines is 1. The molecule has 6 nitrogen and oxygen atoms in total. The summed E-state index contributed by atoms with van der Waals surface area (Å²) in [5.41, 5.74) is 2.36. The minimum Gasteiger partial charge on any atom is -0.357 e. The van der Waals surface area contributed by atoms with E-state index < -0.39 is 0 Å². The van der Waals surface area contributed by atoms with Crippen LogP contribution < -0.4 is 15.5 Å². The number of fused-ring (bicyclic) bond motifs is 1. The summed E-state index contributed by atoms with van der Waals surface area (Å²) in [6.07, 6.45) is 6.47. The summed E-state index contributed by atoms with van der Waals surface area (Å²) >= 11 is 0. The highest BCUT2D eigenvalue weighted by Crippen LogP contribution is 2.28. The molecule has 0 unspecified atom stereocenters. The van der Waals surface area contributed by atoms with Crippen molar-refractivity contribution in [3.8, 4) is 0 Å². The lowest BCUT2D eigenvalue weighted by molar-refractivity contribution is -0.118. The van der Waals surface area contributed by atoms with Gasteiger partial charge in [-0.15, -0.1) is 6.58 Å². The standard InChI is InChI=1S/C23H35N5O/c1-3-15-27-16-12-20(13-17-27)26-23(24-4-2)25-14-7-10-22(29)28-18-11-19-8-5-6-9-21(19)28/h3,5-6,8-9,20H,1,4,7,10-18H2,2H3,(H2,24,25,26). The molecule has 0 aliphatic carbocycles. The predicted molar refractivity (Wildman–Crippen MR) is 121 cm³/mol. The van der Waals surface area contributed by atoms with E-state index in [4.69, 9.17) is 4.99 Å². The molecular formula is C23H35N5O. The van der Waals surface area contributed by atoms with Gasteiger partial charge in [-0.3, -0.25) is 14.7 Å². The van der Waals surface area contributed by atoms with Crippen molar-refractivity contribution in [2.45, 2.75) is 45.1 Å². The fraction of sp³-hybridized carbons (Fsp3) is 0.565. The number of hydrogen-bond donors (Lipinski definition) is 2. The molecule has 1 aromatic rings. The van der Waals surface area contributed by atoms with Crippen LogP contribution in [0.4, 0.5) is 5.69 Å². The summed E-state index contributed by atoms with van der Waals surface area (Å²) in [5, 5.41) is 6.90. The number of rotatable bonds is 8. The van der Waals surface area contributed by atoms with Crippen molar-refractivity contribution in [1.29, 1.82) is 0 Å². The number of aliphatic imine (C=N–C) groups is 1. The van der Waals surface area contributed by atoms with Gasteiger partial charge < -0.3 is 15.5 Å². The van der Waals surface area contributed by atoms with E-state index in [2.05, 4.69) is 35.1 Å². The number of para-hydroxylation sites is 1. The number of guanidine groups is 1. The highest BCUT2D eigenvalue weighted by Gasteiger charge is 2.23. The van der Waals surface area contributed by atoms with Crippen LogP contribution in [0.25, 0.3) is 0 Å². The van der Waals surface area contributed by atoms with Crippen molar-refractivity contribution >= 4 is 17.6 Å². The van der Waals surface area contributed by atoms with E-state index in [9.17, 15) is 4.79 Å². The van der Waals surface area contributed by atoms with Crippen LogP contribution in [0.5, 0.6) is 0 Å². The Balaban J connectivity index is 1.42. The first kappa shape index (κ1) is 21.4. The highest BCUT2D eigenvalue weighted by atomic mass is 16.2. The van der Waals surface area contributed by atoms with Crippen molar-refractivity contribution in [2.24, 2.45) is 4.99 Å². The lowest BCUT2D eigenvalue weighted by Gasteiger charge is -2.32. The van der Waals surface area contributed by atoms with Gasteiger partial charge in [0, 0.05) is 57.4 Å². The Kier molecular flexibility index (Phi) is 8.11. The molecule has 3 rings (SSSR count). The van der Waals surface area contributed by atoms with E-state index in [-0.39, 0.29) is 5.91 Å². The van der Waals surface area contributed by atoms with E-state index in [0.717, 1.165) is 70.1 Å². The van der Waals surface area contributed by atoms with Crippen LogP contribution >= 0.6 is 0 Å². The van der Waals surface area contributed by atoms with Crippen LogP contribution in [-0.2, 0) is 11.2 Å². The van der Waals surface area contributed by atoms with E-state index >= 15 is 0 Å². The van der Waals surface area contributed by atoms with Gasteiger partial charge in [0.2, 0.25) is 5.91 Å². The van der Waals surface area contributed by atoms with Crippen LogP contribution in [0.2, 0.25) is 0 Å². The normalized spacial score (nSPS) is 17.8. The van der Waals surface area contributed by atoms with Gasteiger partial charge >= 0.3 is 0 Å². The summed E-state index contributed by atoms with van der Waals surface area (Å²) in [6.45, 7) is 11.4. The van der Waals surface area contributed by atoms with E-state index in [0.29, 0.717) is 19.0 Å². The molecule has 0 radical (unpaired) electrons. The number of benzene rings is 1. The molecule has 29 heavy (non-hydrogen) atoms. The van der Waals surface area contributed by atoms with Gasteiger partial charge in [0.1, 0.15) is 0 Å². The van der Waals surface area contributed by atoms with Crippen LogP contribution in [-0.4, -0.2) is 62.1 Å². The van der Waals surface area contributed by atoms with Gasteiger partial charge in [-0.2, -0.15) is 0 Å². The van der Waals surface area contributed by atoms with Crippen molar-refractivity contribution in [1.82, 2.24) is 15.5 Å². The number of likely N-dealkylation sites (tertiary alicyclic amines) is 1. The van der Waals surface area contributed by atoms with Crippen molar-refractivity contribution in [2.75, 3.05) is 44.2 Å². The molecular weight excluding hydrogens is 362 g/mol. The van der Waals surface area contributed by atoms with Gasteiger partial charge in [0.25, 0.3) is 0 Å². The van der Waals surface area contributed by atoms with Gasteiger partial charge in [-0.25, -0.2) is 0 Å². The third-order valence-corrected chi connectivity index (χ3v) is 5.67. The molecule has 2 aliphatic rings.